The average molecular weight is 529 g/mol. The smallest absolute Gasteiger partial charge is 0.338 e. The molecule has 0 radical (unpaired) electrons. The quantitative estimate of drug-likeness (QED) is 0.357. The molecule has 0 saturated carbocycles. The third-order valence-corrected chi connectivity index (χ3v) is 7.55. The summed E-state index contributed by atoms with van der Waals surface area (Å²) in [7, 11) is 1.59. The first-order valence-electron chi connectivity index (χ1n) is 12.3. The van der Waals surface area contributed by atoms with E-state index in [1.165, 1.54) is 11.3 Å². The minimum Gasteiger partial charge on any atom is -0.497 e. The molecule has 8 nitrogen and oxygen atoms in total. The normalized spacial score (nSPS) is 15.3. The lowest BCUT2D eigenvalue weighted by Crippen LogP contribution is -2.39. The van der Waals surface area contributed by atoms with Crippen LogP contribution in [0.15, 0.2) is 75.7 Å². The number of para-hydroxylation sites is 1. The van der Waals surface area contributed by atoms with Gasteiger partial charge in [0.15, 0.2) is 4.80 Å². The van der Waals surface area contributed by atoms with Gasteiger partial charge in [-0.25, -0.2) is 14.5 Å². The Labute approximate surface area is 223 Å². The third-order valence-electron chi connectivity index (χ3n) is 6.57. The Bertz CT molecular complexity index is 1730. The number of carbonyl (C=O) groups excluding carboxylic acids is 1. The van der Waals surface area contributed by atoms with Crippen molar-refractivity contribution >= 4 is 23.4 Å². The summed E-state index contributed by atoms with van der Waals surface area (Å²) >= 11 is 1.30. The third kappa shape index (κ3) is 4.39. The predicted molar refractivity (Wildman–Crippen MR) is 146 cm³/mol. The van der Waals surface area contributed by atoms with Crippen LogP contribution in [0.2, 0.25) is 0 Å². The number of benzene rings is 2. The van der Waals surface area contributed by atoms with Crippen LogP contribution in [0.5, 0.6) is 5.75 Å². The van der Waals surface area contributed by atoms with Crippen LogP contribution in [0.1, 0.15) is 42.4 Å². The van der Waals surface area contributed by atoms with Gasteiger partial charge in [-0.15, -0.1) is 0 Å². The molecule has 1 atom stereocenters. The molecule has 38 heavy (non-hydrogen) atoms. The van der Waals surface area contributed by atoms with Gasteiger partial charge in [0.25, 0.3) is 5.56 Å². The molecule has 0 fully saturated rings. The fourth-order valence-electron chi connectivity index (χ4n) is 4.71. The molecule has 2 aromatic carbocycles. The number of hydrogen-bond donors (Lipinski definition) is 0. The second-order valence-electron chi connectivity index (χ2n) is 8.91. The van der Waals surface area contributed by atoms with Crippen LogP contribution < -0.4 is 19.6 Å². The van der Waals surface area contributed by atoms with Crippen molar-refractivity contribution in [2.24, 2.45) is 4.99 Å². The van der Waals surface area contributed by atoms with E-state index >= 15 is 0 Å². The van der Waals surface area contributed by atoms with Crippen molar-refractivity contribution in [1.29, 1.82) is 0 Å². The molecule has 0 amide bonds. The van der Waals surface area contributed by atoms with Crippen molar-refractivity contribution in [2.45, 2.75) is 33.7 Å². The van der Waals surface area contributed by atoms with E-state index in [4.69, 9.17) is 14.6 Å². The molecule has 9 heteroatoms. The Balaban J connectivity index is 1.70. The second-order valence-corrected chi connectivity index (χ2v) is 9.92. The zero-order chi connectivity index (χ0) is 27.0. The average Bonchev–Trinajstić information content (AvgIpc) is 3.38. The van der Waals surface area contributed by atoms with Crippen molar-refractivity contribution in [3.8, 4) is 11.4 Å². The SMILES string of the molecule is CCOC(=O)C1=C(C)N=c2s/c(=C\c3c(C)nn(-c4ccccc4)c3C)c(=O)n2[C@@H]1c1ccc(OC)cc1. The molecule has 0 N–H and O–H groups in total. The number of thiazole rings is 1. The van der Waals surface area contributed by atoms with Crippen molar-refractivity contribution in [1.82, 2.24) is 14.3 Å². The second kappa shape index (κ2) is 10.3. The molecule has 5 rings (SSSR count). The summed E-state index contributed by atoms with van der Waals surface area (Å²) < 4.78 is 14.7. The van der Waals surface area contributed by atoms with E-state index < -0.39 is 12.0 Å². The van der Waals surface area contributed by atoms with Crippen LogP contribution in [0.3, 0.4) is 0 Å². The van der Waals surface area contributed by atoms with E-state index in [1.54, 1.807) is 25.5 Å². The number of rotatable bonds is 6. The Morgan fingerprint density at radius 3 is 2.45 bits per heavy atom. The molecule has 0 spiro atoms. The van der Waals surface area contributed by atoms with Crippen LogP contribution in [0, 0.1) is 13.8 Å². The number of ether oxygens (including phenoxy) is 2. The zero-order valence-corrected chi connectivity index (χ0v) is 22.7. The molecule has 0 bridgehead atoms. The van der Waals surface area contributed by atoms with Crippen LogP contribution in [-0.2, 0) is 9.53 Å². The van der Waals surface area contributed by atoms with Crippen molar-refractivity contribution < 1.29 is 14.3 Å². The first-order chi connectivity index (χ1) is 18.3. The molecule has 2 aromatic heterocycles. The summed E-state index contributed by atoms with van der Waals surface area (Å²) in [5, 5.41) is 4.71. The molecule has 0 unspecified atom stereocenters. The predicted octanol–water partition coefficient (Wildman–Crippen LogP) is 3.61. The Kier molecular flexibility index (Phi) is 6.86. The maximum Gasteiger partial charge on any atom is 0.338 e. The van der Waals surface area contributed by atoms with Gasteiger partial charge < -0.3 is 9.47 Å². The van der Waals surface area contributed by atoms with Crippen molar-refractivity contribution in [3.63, 3.8) is 0 Å². The van der Waals surface area contributed by atoms with Crippen LogP contribution >= 0.6 is 11.3 Å². The largest absolute Gasteiger partial charge is 0.497 e. The van der Waals surface area contributed by atoms with Gasteiger partial charge in [0.05, 0.1) is 46.9 Å². The van der Waals surface area contributed by atoms with E-state index in [9.17, 15) is 9.59 Å². The highest BCUT2D eigenvalue weighted by Gasteiger charge is 2.33. The van der Waals surface area contributed by atoms with Crippen LogP contribution in [0.4, 0.5) is 0 Å². The van der Waals surface area contributed by atoms with Crippen LogP contribution in [0.25, 0.3) is 11.8 Å². The summed E-state index contributed by atoms with van der Waals surface area (Å²) in [6.07, 6.45) is 1.87. The molecular formula is C29H28N4O4S. The fourth-order valence-corrected chi connectivity index (χ4v) is 5.74. The summed E-state index contributed by atoms with van der Waals surface area (Å²) in [5.41, 5.74) is 4.98. The molecule has 194 valence electrons. The number of nitrogens with zero attached hydrogens (tertiary/aromatic N) is 4. The molecule has 0 aliphatic carbocycles. The van der Waals surface area contributed by atoms with Crippen molar-refractivity contribution in [2.75, 3.05) is 13.7 Å². The summed E-state index contributed by atoms with van der Waals surface area (Å²) in [6.45, 7) is 7.67. The summed E-state index contributed by atoms with van der Waals surface area (Å²) in [6, 6.07) is 16.5. The lowest BCUT2D eigenvalue weighted by Gasteiger charge is -2.24. The maximum atomic E-state index is 13.9. The van der Waals surface area contributed by atoms with Gasteiger partial charge in [0, 0.05) is 11.3 Å². The minimum atomic E-state index is -0.674. The number of carbonyl (C=O) groups is 1. The zero-order valence-electron chi connectivity index (χ0n) is 21.9. The van der Waals surface area contributed by atoms with E-state index in [-0.39, 0.29) is 12.2 Å². The number of esters is 1. The highest BCUT2D eigenvalue weighted by Crippen LogP contribution is 2.31. The molecule has 1 aliphatic rings. The molecule has 4 aromatic rings. The Morgan fingerprint density at radius 1 is 1.08 bits per heavy atom. The maximum absolute atomic E-state index is 13.9. The van der Waals surface area contributed by atoms with Crippen LogP contribution in [-0.4, -0.2) is 34.0 Å². The van der Waals surface area contributed by atoms with Gasteiger partial charge in [-0.3, -0.25) is 9.36 Å². The number of fused-ring (bicyclic) bond motifs is 1. The van der Waals surface area contributed by atoms with E-state index in [0.717, 1.165) is 28.2 Å². The monoisotopic (exact) mass is 528 g/mol. The van der Waals surface area contributed by atoms with E-state index in [1.807, 2.05) is 79.2 Å². The van der Waals surface area contributed by atoms with E-state index in [0.29, 0.717) is 26.4 Å². The standard InChI is InChI=1S/C29H28N4O4S/c1-6-37-28(35)25-18(3)30-29-32(26(25)20-12-14-22(36-5)15-13-20)27(34)24(38-29)16-23-17(2)31-33(19(23)4)21-10-8-7-9-11-21/h7-16,26H,6H2,1-5H3/b24-16-/t26-/m1/s1. The minimum absolute atomic E-state index is 0.222. The first kappa shape index (κ1) is 25.4. The number of hydrogen-bond acceptors (Lipinski definition) is 7. The molecule has 1 aliphatic heterocycles. The molecule has 0 saturated heterocycles. The van der Waals surface area contributed by atoms with E-state index in [2.05, 4.69) is 4.99 Å². The lowest BCUT2D eigenvalue weighted by atomic mass is 9.96. The molecule has 3 heterocycles. The highest BCUT2D eigenvalue weighted by atomic mass is 32.1. The van der Waals surface area contributed by atoms with Gasteiger partial charge in [-0.05, 0) is 63.6 Å². The van der Waals surface area contributed by atoms with Crippen molar-refractivity contribution in [3.05, 3.63) is 108 Å². The van der Waals surface area contributed by atoms with Gasteiger partial charge in [-0.2, -0.15) is 5.10 Å². The first-order valence-corrected chi connectivity index (χ1v) is 13.1. The van der Waals surface area contributed by atoms with Gasteiger partial charge in [0.2, 0.25) is 0 Å². The Hall–Kier alpha value is -4.24. The fraction of sp³-hybridized carbons (Fsp3) is 0.241. The number of aromatic nitrogens is 3. The summed E-state index contributed by atoms with van der Waals surface area (Å²) in [4.78, 5) is 32.2. The highest BCUT2D eigenvalue weighted by molar-refractivity contribution is 7.07. The number of aryl methyl sites for hydroxylation is 1. The summed E-state index contributed by atoms with van der Waals surface area (Å²) in [5.74, 6) is 0.195. The number of methoxy groups -OCH3 is 1. The van der Waals surface area contributed by atoms with Gasteiger partial charge in [-0.1, -0.05) is 41.7 Å². The topological polar surface area (TPSA) is 87.7 Å². The van der Waals surface area contributed by atoms with Gasteiger partial charge >= 0.3 is 5.97 Å². The number of allylic oxidation sites excluding steroid dienone is 1. The molecular weight excluding hydrogens is 500 g/mol. The van der Waals surface area contributed by atoms with Gasteiger partial charge in [0.1, 0.15) is 5.75 Å². The Morgan fingerprint density at radius 2 is 1.79 bits per heavy atom. The lowest BCUT2D eigenvalue weighted by molar-refractivity contribution is -0.139.